The normalized spacial score (nSPS) is 19.4. The van der Waals surface area contributed by atoms with Crippen molar-refractivity contribution in [1.82, 2.24) is 9.97 Å². The minimum Gasteiger partial charge on any atom is -0.369 e. The Morgan fingerprint density at radius 3 is 3.05 bits per heavy atom. The van der Waals surface area contributed by atoms with Crippen LogP contribution in [0.1, 0.15) is 30.7 Å². The van der Waals surface area contributed by atoms with Gasteiger partial charge in [-0.25, -0.2) is 4.98 Å². The molecule has 0 bridgehead atoms. The van der Waals surface area contributed by atoms with E-state index in [1.54, 1.807) is 18.3 Å². The topological polar surface area (TPSA) is 88.8 Å². The number of primary amides is 1. The van der Waals surface area contributed by atoms with Crippen molar-refractivity contribution in [2.24, 2.45) is 11.7 Å². The molecule has 112 valence electrons. The molecule has 0 spiro atoms. The van der Waals surface area contributed by atoms with Crippen molar-refractivity contribution in [3.8, 4) is 0 Å². The molecule has 1 aliphatic carbocycles. The minimum atomic E-state index is -0.416. The fourth-order valence-corrected chi connectivity index (χ4v) is 4.80. The Hall–Kier alpha value is -1.34. The average Bonchev–Trinajstić information content (AvgIpc) is 2.75. The summed E-state index contributed by atoms with van der Waals surface area (Å²) in [7, 11) is 0. The number of carbonyl (C=O) groups is 1. The number of fused-ring (bicyclic) bond motifs is 3. The van der Waals surface area contributed by atoms with Crippen molar-refractivity contribution >= 4 is 39.2 Å². The zero-order valence-corrected chi connectivity index (χ0v) is 13.6. The van der Waals surface area contributed by atoms with E-state index in [0.717, 1.165) is 29.5 Å². The summed E-state index contributed by atoms with van der Waals surface area (Å²) in [4.78, 5) is 32.8. The lowest BCUT2D eigenvalue weighted by Gasteiger charge is -2.17. The maximum atomic E-state index is 12.3. The van der Waals surface area contributed by atoms with E-state index in [2.05, 4.69) is 16.9 Å². The summed E-state index contributed by atoms with van der Waals surface area (Å²) in [5.74, 6) is 0.246. The van der Waals surface area contributed by atoms with E-state index in [-0.39, 0.29) is 5.56 Å². The summed E-state index contributed by atoms with van der Waals surface area (Å²) >= 11 is 2.80. The number of H-pyrrole nitrogens is 1. The van der Waals surface area contributed by atoms with Crippen LogP contribution in [0.3, 0.4) is 0 Å². The number of thioether (sulfide) groups is 1. The molecule has 0 radical (unpaired) electrons. The van der Waals surface area contributed by atoms with E-state index >= 15 is 0 Å². The van der Waals surface area contributed by atoms with E-state index in [1.807, 2.05) is 0 Å². The van der Waals surface area contributed by atoms with Crippen molar-refractivity contribution in [3.63, 3.8) is 0 Å². The molecule has 0 saturated heterocycles. The largest absolute Gasteiger partial charge is 0.369 e. The quantitative estimate of drug-likeness (QED) is 0.668. The molecule has 3 rings (SSSR count). The lowest BCUT2D eigenvalue weighted by Crippen LogP contribution is -2.23. The van der Waals surface area contributed by atoms with Crippen LogP contribution in [0.25, 0.3) is 10.2 Å². The van der Waals surface area contributed by atoms with E-state index in [1.165, 1.54) is 22.2 Å². The molecular weight excluding hydrogens is 306 g/mol. The molecule has 3 N–H and O–H groups in total. The van der Waals surface area contributed by atoms with Gasteiger partial charge in [0.25, 0.3) is 5.56 Å². The van der Waals surface area contributed by atoms with Crippen LogP contribution in [0.15, 0.2) is 9.95 Å². The van der Waals surface area contributed by atoms with Crippen LogP contribution in [0.2, 0.25) is 0 Å². The third-order valence-corrected chi connectivity index (χ3v) is 5.98. The second kappa shape index (κ2) is 5.46. The van der Waals surface area contributed by atoms with Crippen LogP contribution >= 0.6 is 23.1 Å². The first kappa shape index (κ1) is 14.6. The van der Waals surface area contributed by atoms with Crippen LogP contribution in [0, 0.1) is 5.92 Å². The highest BCUT2D eigenvalue weighted by Crippen LogP contribution is 2.36. The number of rotatable bonds is 3. The van der Waals surface area contributed by atoms with Gasteiger partial charge in [0.15, 0.2) is 5.16 Å². The van der Waals surface area contributed by atoms with Gasteiger partial charge < -0.3 is 10.7 Å². The van der Waals surface area contributed by atoms with Crippen molar-refractivity contribution in [2.45, 2.75) is 43.5 Å². The molecule has 0 aromatic carbocycles. The van der Waals surface area contributed by atoms with Gasteiger partial charge in [0.2, 0.25) is 5.91 Å². The molecule has 2 aromatic heterocycles. The first-order chi connectivity index (χ1) is 9.95. The molecule has 2 atom stereocenters. The molecule has 2 aromatic rings. The fourth-order valence-electron chi connectivity index (χ4n) is 2.61. The van der Waals surface area contributed by atoms with E-state index in [0.29, 0.717) is 11.1 Å². The third kappa shape index (κ3) is 2.72. The van der Waals surface area contributed by atoms with Crippen LogP contribution in [0.4, 0.5) is 0 Å². The fraction of sp³-hybridized carbons (Fsp3) is 0.500. The Kier molecular flexibility index (Phi) is 3.79. The van der Waals surface area contributed by atoms with Gasteiger partial charge in [0.05, 0.1) is 10.6 Å². The van der Waals surface area contributed by atoms with Crippen molar-refractivity contribution in [1.29, 1.82) is 0 Å². The maximum absolute atomic E-state index is 12.3. The number of aryl methyl sites for hydroxylation is 1. The Labute approximate surface area is 130 Å². The van der Waals surface area contributed by atoms with Gasteiger partial charge in [-0.2, -0.15) is 0 Å². The molecule has 1 amide bonds. The predicted octanol–water partition coefficient (Wildman–Crippen LogP) is 2.08. The Balaban J connectivity index is 2.05. The number of carbonyl (C=O) groups excluding carboxylic acids is 1. The molecule has 1 aliphatic rings. The second-order valence-electron chi connectivity index (χ2n) is 5.57. The van der Waals surface area contributed by atoms with E-state index < -0.39 is 11.2 Å². The number of hydrogen-bond donors (Lipinski definition) is 2. The molecule has 5 nitrogen and oxygen atoms in total. The summed E-state index contributed by atoms with van der Waals surface area (Å²) < 4.78 is 0. The summed E-state index contributed by atoms with van der Waals surface area (Å²) in [6.45, 7) is 3.94. The van der Waals surface area contributed by atoms with Gasteiger partial charge in [0, 0.05) is 4.88 Å². The van der Waals surface area contributed by atoms with Crippen LogP contribution in [-0.4, -0.2) is 21.1 Å². The second-order valence-corrected chi connectivity index (χ2v) is 7.98. The molecule has 2 unspecified atom stereocenters. The third-order valence-electron chi connectivity index (χ3n) is 3.83. The van der Waals surface area contributed by atoms with Gasteiger partial charge in [-0.1, -0.05) is 18.7 Å². The van der Waals surface area contributed by atoms with Crippen LogP contribution < -0.4 is 11.3 Å². The Morgan fingerprint density at radius 1 is 1.57 bits per heavy atom. The van der Waals surface area contributed by atoms with Gasteiger partial charge in [-0.05, 0) is 37.7 Å². The van der Waals surface area contributed by atoms with Gasteiger partial charge >= 0.3 is 0 Å². The standard InChI is InChI=1S/C14H17N3O2S2/c1-6-3-4-8-9(5-6)21-13-10(8)12(19)16-14(17-13)20-7(2)11(15)18/h6-7H,3-5H2,1-2H3,(H2,15,18)(H,16,17,19). The first-order valence-corrected chi connectivity index (χ1v) is 8.66. The molecule has 2 heterocycles. The van der Waals surface area contributed by atoms with E-state index in [9.17, 15) is 9.59 Å². The number of amides is 1. The Bertz CT molecular complexity index is 765. The van der Waals surface area contributed by atoms with Gasteiger partial charge in [-0.15, -0.1) is 11.3 Å². The number of thiophene rings is 1. The molecule has 21 heavy (non-hydrogen) atoms. The lowest BCUT2D eigenvalue weighted by atomic mass is 9.89. The summed E-state index contributed by atoms with van der Waals surface area (Å²) in [6, 6.07) is 0. The SMILES string of the molecule is CC1CCc2c(sc3nc(SC(C)C(N)=O)[nH]c(=O)c23)C1. The monoisotopic (exact) mass is 323 g/mol. The summed E-state index contributed by atoms with van der Waals surface area (Å²) in [6.07, 6.45) is 3.09. The number of nitrogens with one attached hydrogen (secondary N) is 1. The highest BCUT2D eigenvalue weighted by molar-refractivity contribution is 8.00. The molecule has 0 aliphatic heterocycles. The zero-order valence-electron chi connectivity index (χ0n) is 11.9. The highest BCUT2D eigenvalue weighted by atomic mass is 32.2. The Morgan fingerprint density at radius 2 is 2.33 bits per heavy atom. The molecule has 7 heteroatoms. The van der Waals surface area contributed by atoms with Crippen LogP contribution in [0.5, 0.6) is 0 Å². The van der Waals surface area contributed by atoms with Crippen LogP contribution in [-0.2, 0) is 17.6 Å². The molecule has 0 fully saturated rings. The smallest absolute Gasteiger partial charge is 0.260 e. The average molecular weight is 323 g/mol. The molecular formula is C14H17N3O2S2. The predicted molar refractivity (Wildman–Crippen MR) is 85.9 cm³/mol. The minimum absolute atomic E-state index is 0.105. The molecule has 0 saturated carbocycles. The summed E-state index contributed by atoms with van der Waals surface area (Å²) in [5, 5.41) is 0.781. The number of hydrogen-bond acceptors (Lipinski definition) is 5. The first-order valence-electron chi connectivity index (χ1n) is 6.96. The summed E-state index contributed by atoms with van der Waals surface area (Å²) in [5.41, 5.74) is 6.31. The number of aromatic amines is 1. The van der Waals surface area contributed by atoms with Crippen molar-refractivity contribution in [2.75, 3.05) is 0 Å². The van der Waals surface area contributed by atoms with Crippen molar-refractivity contribution in [3.05, 3.63) is 20.8 Å². The van der Waals surface area contributed by atoms with Crippen molar-refractivity contribution < 1.29 is 4.79 Å². The van der Waals surface area contributed by atoms with Gasteiger partial charge in [-0.3, -0.25) is 9.59 Å². The zero-order chi connectivity index (χ0) is 15.1. The highest BCUT2D eigenvalue weighted by Gasteiger charge is 2.23. The van der Waals surface area contributed by atoms with E-state index in [4.69, 9.17) is 5.73 Å². The lowest BCUT2D eigenvalue weighted by molar-refractivity contribution is -0.117. The number of nitrogens with two attached hydrogens (primary N) is 1. The number of nitrogens with zero attached hydrogens (tertiary/aromatic N) is 1. The number of aromatic nitrogens is 2. The maximum Gasteiger partial charge on any atom is 0.260 e. The van der Waals surface area contributed by atoms with Gasteiger partial charge in [0.1, 0.15) is 4.83 Å².